The van der Waals surface area contributed by atoms with E-state index in [-0.39, 0.29) is 12.0 Å². The van der Waals surface area contributed by atoms with Gasteiger partial charge in [0, 0.05) is 0 Å². The Morgan fingerprint density at radius 1 is 1.33 bits per heavy atom. The van der Waals surface area contributed by atoms with E-state index in [2.05, 4.69) is 5.32 Å². The fourth-order valence-corrected chi connectivity index (χ4v) is 2.48. The zero-order chi connectivity index (χ0) is 10.7. The van der Waals surface area contributed by atoms with Gasteiger partial charge in [0.15, 0.2) is 0 Å². The predicted octanol–water partition coefficient (Wildman–Crippen LogP) is 1.72. The van der Waals surface area contributed by atoms with Gasteiger partial charge in [-0.2, -0.15) is 0 Å². The minimum absolute atomic E-state index is 0.0434. The molecule has 86 valence electrons. The molecule has 2 rings (SSSR count). The van der Waals surface area contributed by atoms with E-state index in [0.717, 1.165) is 12.5 Å². The van der Waals surface area contributed by atoms with Crippen LogP contribution in [0.3, 0.4) is 0 Å². The lowest BCUT2D eigenvalue weighted by atomic mass is 9.98. The molecule has 0 aromatic rings. The number of nitrogens with one attached hydrogen (secondary N) is 1. The second-order valence-electron chi connectivity index (χ2n) is 4.90. The molecule has 0 amide bonds. The van der Waals surface area contributed by atoms with Gasteiger partial charge in [-0.3, -0.25) is 4.79 Å². The molecular weight excluding hydrogens is 190 g/mol. The molecule has 0 aromatic carbocycles. The zero-order valence-corrected chi connectivity index (χ0v) is 9.50. The van der Waals surface area contributed by atoms with Crippen LogP contribution in [-0.2, 0) is 9.53 Å². The van der Waals surface area contributed by atoms with Gasteiger partial charge in [0.25, 0.3) is 0 Å². The molecule has 0 aliphatic heterocycles. The van der Waals surface area contributed by atoms with Crippen LogP contribution in [0.1, 0.15) is 38.5 Å². The third-order valence-electron chi connectivity index (χ3n) is 3.65. The Labute approximate surface area is 91.6 Å². The molecule has 15 heavy (non-hydrogen) atoms. The van der Waals surface area contributed by atoms with Gasteiger partial charge in [-0.05, 0) is 44.1 Å². The Balaban J connectivity index is 1.84. The summed E-state index contributed by atoms with van der Waals surface area (Å²) in [6.45, 7) is 0.996. The number of methoxy groups -OCH3 is 1. The van der Waals surface area contributed by atoms with Gasteiger partial charge in [0.1, 0.15) is 6.04 Å². The summed E-state index contributed by atoms with van der Waals surface area (Å²) in [7, 11) is 1.49. The number of rotatable bonds is 5. The van der Waals surface area contributed by atoms with E-state index in [9.17, 15) is 4.79 Å². The van der Waals surface area contributed by atoms with Crippen LogP contribution in [0.4, 0.5) is 0 Å². The van der Waals surface area contributed by atoms with Crippen LogP contribution in [0.25, 0.3) is 0 Å². The Hall–Kier alpha value is -0.570. The summed E-state index contributed by atoms with van der Waals surface area (Å²) < 4.78 is 4.88. The maximum Gasteiger partial charge on any atom is 0.323 e. The molecule has 1 atom stereocenters. The average Bonchev–Trinajstić information content (AvgIpc) is 2.92. The van der Waals surface area contributed by atoms with E-state index in [0.29, 0.717) is 5.92 Å². The average molecular weight is 211 g/mol. The van der Waals surface area contributed by atoms with Crippen molar-refractivity contribution in [1.29, 1.82) is 0 Å². The Kier molecular flexibility index (Phi) is 3.62. The molecule has 0 aromatic heterocycles. The van der Waals surface area contributed by atoms with Gasteiger partial charge < -0.3 is 10.1 Å². The smallest absolute Gasteiger partial charge is 0.323 e. The molecular formula is C12H21NO2. The quantitative estimate of drug-likeness (QED) is 0.704. The molecule has 2 saturated carbocycles. The van der Waals surface area contributed by atoms with Crippen molar-refractivity contribution >= 4 is 5.97 Å². The van der Waals surface area contributed by atoms with Gasteiger partial charge in [0.05, 0.1) is 7.11 Å². The van der Waals surface area contributed by atoms with Gasteiger partial charge in [-0.15, -0.1) is 0 Å². The first kappa shape index (κ1) is 10.9. The first-order valence-corrected chi connectivity index (χ1v) is 6.12. The lowest BCUT2D eigenvalue weighted by molar-refractivity contribution is -0.144. The molecule has 0 bridgehead atoms. The highest BCUT2D eigenvalue weighted by Gasteiger charge is 2.32. The van der Waals surface area contributed by atoms with Crippen molar-refractivity contribution in [2.45, 2.75) is 44.6 Å². The highest BCUT2D eigenvalue weighted by molar-refractivity contribution is 5.76. The Morgan fingerprint density at radius 2 is 2.00 bits per heavy atom. The summed E-state index contributed by atoms with van der Waals surface area (Å²) in [5.74, 6) is 1.26. The van der Waals surface area contributed by atoms with E-state index in [1.54, 1.807) is 0 Å². The molecule has 0 saturated heterocycles. The summed E-state index contributed by atoms with van der Waals surface area (Å²) in [5.41, 5.74) is 0. The number of ether oxygens (including phenoxy) is 1. The molecule has 3 nitrogen and oxygen atoms in total. The minimum Gasteiger partial charge on any atom is -0.468 e. The van der Waals surface area contributed by atoms with Crippen molar-refractivity contribution < 1.29 is 9.53 Å². The lowest BCUT2D eigenvalue weighted by Crippen LogP contribution is -2.43. The van der Waals surface area contributed by atoms with Crippen LogP contribution >= 0.6 is 0 Å². The summed E-state index contributed by atoms with van der Waals surface area (Å²) in [6, 6.07) is -0.0434. The van der Waals surface area contributed by atoms with Crippen LogP contribution < -0.4 is 5.32 Å². The molecule has 2 fully saturated rings. The lowest BCUT2D eigenvalue weighted by Gasteiger charge is -2.22. The van der Waals surface area contributed by atoms with E-state index >= 15 is 0 Å². The van der Waals surface area contributed by atoms with Crippen molar-refractivity contribution in [2.75, 3.05) is 13.7 Å². The standard InChI is InChI=1S/C12H21NO2/c1-15-12(14)11(10-4-2-3-5-10)13-8-9-6-7-9/h9-11,13H,2-8H2,1H3. The normalized spacial score (nSPS) is 24.1. The van der Waals surface area contributed by atoms with Gasteiger partial charge >= 0.3 is 5.97 Å². The van der Waals surface area contributed by atoms with Gasteiger partial charge in [-0.25, -0.2) is 0 Å². The first-order chi connectivity index (χ1) is 7.31. The molecule has 2 aliphatic carbocycles. The maximum absolute atomic E-state index is 11.6. The molecule has 3 heteroatoms. The van der Waals surface area contributed by atoms with E-state index < -0.39 is 0 Å². The Bertz CT molecular complexity index is 220. The molecule has 0 heterocycles. The number of hydrogen-bond acceptors (Lipinski definition) is 3. The van der Waals surface area contributed by atoms with Crippen LogP contribution in [0.15, 0.2) is 0 Å². The summed E-state index contributed by atoms with van der Waals surface area (Å²) in [6.07, 6.45) is 7.54. The molecule has 2 aliphatic rings. The topological polar surface area (TPSA) is 38.3 Å². The van der Waals surface area contributed by atoms with Crippen molar-refractivity contribution in [3.05, 3.63) is 0 Å². The number of carbonyl (C=O) groups is 1. The van der Waals surface area contributed by atoms with E-state index in [4.69, 9.17) is 4.74 Å². The third-order valence-corrected chi connectivity index (χ3v) is 3.65. The maximum atomic E-state index is 11.6. The van der Waals surface area contributed by atoms with E-state index in [1.807, 2.05) is 0 Å². The highest BCUT2D eigenvalue weighted by Crippen LogP contribution is 2.31. The number of hydrogen-bond donors (Lipinski definition) is 1. The Morgan fingerprint density at radius 3 is 2.53 bits per heavy atom. The minimum atomic E-state index is -0.0671. The van der Waals surface area contributed by atoms with Gasteiger partial charge in [-0.1, -0.05) is 12.8 Å². The fraction of sp³-hybridized carbons (Fsp3) is 0.917. The van der Waals surface area contributed by atoms with Crippen molar-refractivity contribution in [3.63, 3.8) is 0 Å². The second-order valence-corrected chi connectivity index (χ2v) is 4.90. The first-order valence-electron chi connectivity index (χ1n) is 6.12. The summed E-state index contributed by atoms with van der Waals surface area (Å²) >= 11 is 0. The monoisotopic (exact) mass is 211 g/mol. The van der Waals surface area contributed by atoms with Crippen molar-refractivity contribution in [2.24, 2.45) is 11.8 Å². The van der Waals surface area contributed by atoms with Gasteiger partial charge in [0.2, 0.25) is 0 Å². The SMILES string of the molecule is COC(=O)C(NCC1CC1)C1CCCC1. The molecule has 1 N–H and O–H groups in total. The van der Waals surface area contributed by atoms with E-state index in [1.165, 1.54) is 45.6 Å². The second kappa shape index (κ2) is 4.97. The third kappa shape index (κ3) is 2.94. The number of esters is 1. The van der Waals surface area contributed by atoms with Crippen molar-refractivity contribution in [1.82, 2.24) is 5.32 Å². The van der Waals surface area contributed by atoms with Crippen LogP contribution in [0.2, 0.25) is 0 Å². The fourth-order valence-electron chi connectivity index (χ4n) is 2.48. The largest absolute Gasteiger partial charge is 0.468 e. The molecule has 1 unspecified atom stereocenters. The predicted molar refractivity (Wildman–Crippen MR) is 58.5 cm³/mol. The molecule has 0 radical (unpaired) electrons. The summed E-state index contributed by atoms with van der Waals surface area (Å²) in [4.78, 5) is 11.6. The number of carbonyl (C=O) groups excluding carboxylic acids is 1. The summed E-state index contributed by atoms with van der Waals surface area (Å²) in [5, 5.41) is 3.40. The van der Waals surface area contributed by atoms with Crippen molar-refractivity contribution in [3.8, 4) is 0 Å². The highest BCUT2D eigenvalue weighted by atomic mass is 16.5. The van der Waals surface area contributed by atoms with Crippen LogP contribution in [0.5, 0.6) is 0 Å². The molecule has 0 spiro atoms. The zero-order valence-electron chi connectivity index (χ0n) is 9.50. The van der Waals surface area contributed by atoms with Crippen LogP contribution in [0, 0.1) is 11.8 Å². The van der Waals surface area contributed by atoms with Crippen LogP contribution in [-0.4, -0.2) is 25.7 Å².